The van der Waals surface area contributed by atoms with E-state index in [4.69, 9.17) is 11.6 Å². The zero-order valence-corrected chi connectivity index (χ0v) is 9.48. The van der Waals surface area contributed by atoms with Crippen molar-refractivity contribution in [1.82, 2.24) is 0 Å². The van der Waals surface area contributed by atoms with Gasteiger partial charge in [0.2, 0.25) is 0 Å². The summed E-state index contributed by atoms with van der Waals surface area (Å²) < 4.78 is 13.0. The lowest BCUT2D eigenvalue weighted by Crippen LogP contribution is -2.02. The molecular weight excluding hydrogens is 215 g/mol. The number of hydrogen-bond donors (Lipinski definition) is 0. The van der Waals surface area contributed by atoms with Crippen LogP contribution in [0.15, 0.2) is 18.2 Å². The highest BCUT2D eigenvalue weighted by Crippen LogP contribution is 2.16. The molecule has 3 heteroatoms. The summed E-state index contributed by atoms with van der Waals surface area (Å²) >= 11 is 5.54. The molecule has 0 saturated heterocycles. The molecule has 0 aromatic heterocycles. The summed E-state index contributed by atoms with van der Waals surface area (Å²) in [7, 11) is 0. The van der Waals surface area contributed by atoms with E-state index in [1.165, 1.54) is 12.1 Å². The molecular formula is C12H14ClFO. The van der Waals surface area contributed by atoms with Crippen LogP contribution in [-0.4, -0.2) is 5.78 Å². The highest BCUT2D eigenvalue weighted by molar-refractivity contribution is 6.30. The summed E-state index contributed by atoms with van der Waals surface area (Å²) in [6.45, 7) is 2.04. The van der Waals surface area contributed by atoms with Crippen LogP contribution in [0.1, 0.15) is 31.7 Å². The first kappa shape index (κ1) is 12.2. The maximum absolute atomic E-state index is 13.0. The first-order valence-corrected chi connectivity index (χ1v) is 5.47. The molecule has 1 nitrogen and oxygen atoms in total. The minimum Gasteiger partial charge on any atom is -0.299 e. The molecule has 0 heterocycles. The Kier molecular flexibility index (Phi) is 4.76. The predicted molar refractivity (Wildman–Crippen MR) is 59.6 cm³/mol. The molecule has 0 atom stereocenters. The third-order valence-electron chi connectivity index (χ3n) is 2.19. The SMILES string of the molecule is CCCCC(=O)Cc1ccc(Cl)c(F)c1. The molecule has 0 bridgehead atoms. The fourth-order valence-corrected chi connectivity index (χ4v) is 1.46. The van der Waals surface area contributed by atoms with Gasteiger partial charge in [0.25, 0.3) is 0 Å². The second-order valence-corrected chi connectivity index (χ2v) is 3.97. The van der Waals surface area contributed by atoms with Crippen LogP contribution in [0, 0.1) is 5.82 Å². The molecule has 82 valence electrons. The number of unbranched alkanes of at least 4 members (excludes halogenated alkanes) is 1. The average Bonchev–Trinajstić information content (AvgIpc) is 2.20. The predicted octanol–water partition coefficient (Wildman–Crippen LogP) is 3.78. The molecule has 1 aromatic rings. The van der Waals surface area contributed by atoms with E-state index in [1.54, 1.807) is 6.07 Å². The number of halogens is 2. The number of benzene rings is 1. The largest absolute Gasteiger partial charge is 0.299 e. The van der Waals surface area contributed by atoms with Crippen LogP contribution in [0.2, 0.25) is 5.02 Å². The van der Waals surface area contributed by atoms with Gasteiger partial charge in [-0.3, -0.25) is 4.79 Å². The molecule has 0 aliphatic heterocycles. The normalized spacial score (nSPS) is 10.3. The molecule has 15 heavy (non-hydrogen) atoms. The fourth-order valence-electron chi connectivity index (χ4n) is 1.34. The Balaban J connectivity index is 2.57. The van der Waals surface area contributed by atoms with Crippen molar-refractivity contribution in [1.29, 1.82) is 0 Å². The zero-order chi connectivity index (χ0) is 11.3. The Labute approximate surface area is 94.3 Å². The number of rotatable bonds is 5. The number of carbonyl (C=O) groups excluding carboxylic acids is 1. The van der Waals surface area contributed by atoms with Crippen molar-refractivity contribution in [3.05, 3.63) is 34.6 Å². The van der Waals surface area contributed by atoms with Crippen molar-refractivity contribution in [2.45, 2.75) is 32.6 Å². The molecule has 0 unspecified atom stereocenters. The lowest BCUT2D eigenvalue weighted by molar-refractivity contribution is -0.118. The number of Topliss-reactive ketones (excluding diaryl/α,β-unsaturated/α-hetero) is 1. The van der Waals surface area contributed by atoms with Gasteiger partial charge in [-0.05, 0) is 24.1 Å². The Morgan fingerprint density at radius 3 is 2.80 bits per heavy atom. The van der Waals surface area contributed by atoms with Crippen LogP contribution in [0.25, 0.3) is 0 Å². The smallest absolute Gasteiger partial charge is 0.142 e. The van der Waals surface area contributed by atoms with Gasteiger partial charge in [0.15, 0.2) is 0 Å². The van der Waals surface area contributed by atoms with E-state index in [0.717, 1.165) is 12.8 Å². The molecule has 0 amide bonds. The molecule has 0 N–H and O–H groups in total. The fraction of sp³-hybridized carbons (Fsp3) is 0.417. The van der Waals surface area contributed by atoms with E-state index < -0.39 is 5.82 Å². The topological polar surface area (TPSA) is 17.1 Å². The first-order valence-electron chi connectivity index (χ1n) is 5.09. The summed E-state index contributed by atoms with van der Waals surface area (Å²) in [4.78, 5) is 11.4. The van der Waals surface area contributed by atoms with Gasteiger partial charge in [0.1, 0.15) is 11.6 Å². The van der Waals surface area contributed by atoms with Crippen LogP contribution >= 0.6 is 11.6 Å². The minimum absolute atomic E-state index is 0.0970. The van der Waals surface area contributed by atoms with Crippen molar-refractivity contribution in [2.24, 2.45) is 0 Å². The third kappa shape index (κ3) is 4.00. The molecule has 1 aromatic carbocycles. The summed E-state index contributed by atoms with van der Waals surface area (Å²) in [5, 5.41) is 0.0970. The van der Waals surface area contributed by atoms with Crippen molar-refractivity contribution in [3.8, 4) is 0 Å². The van der Waals surface area contributed by atoms with Gasteiger partial charge in [0, 0.05) is 12.8 Å². The highest BCUT2D eigenvalue weighted by Gasteiger charge is 2.05. The Morgan fingerprint density at radius 2 is 2.20 bits per heavy atom. The molecule has 0 fully saturated rings. The van der Waals surface area contributed by atoms with Crippen molar-refractivity contribution >= 4 is 17.4 Å². The summed E-state index contributed by atoms with van der Waals surface area (Å²) in [5.41, 5.74) is 0.693. The number of carbonyl (C=O) groups is 1. The third-order valence-corrected chi connectivity index (χ3v) is 2.50. The molecule has 1 rings (SSSR count). The molecule has 0 spiro atoms. The molecule has 0 aliphatic carbocycles. The average molecular weight is 229 g/mol. The lowest BCUT2D eigenvalue weighted by Gasteiger charge is -2.01. The quantitative estimate of drug-likeness (QED) is 0.750. The van der Waals surface area contributed by atoms with Crippen molar-refractivity contribution in [2.75, 3.05) is 0 Å². The molecule has 0 saturated carbocycles. The van der Waals surface area contributed by atoms with E-state index in [2.05, 4.69) is 0 Å². The number of hydrogen-bond acceptors (Lipinski definition) is 1. The maximum Gasteiger partial charge on any atom is 0.142 e. The van der Waals surface area contributed by atoms with E-state index in [-0.39, 0.29) is 10.8 Å². The monoisotopic (exact) mass is 228 g/mol. The van der Waals surface area contributed by atoms with Gasteiger partial charge in [-0.2, -0.15) is 0 Å². The summed E-state index contributed by atoms with van der Waals surface area (Å²) in [6, 6.07) is 4.50. The van der Waals surface area contributed by atoms with Gasteiger partial charge < -0.3 is 0 Å². The van der Waals surface area contributed by atoms with Gasteiger partial charge in [-0.15, -0.1) is 0 Å². The van der Waals surface area contributed by atoms with Crippen LogP contribution in [0.4, 0.5) is 4.39 Å². The maximum atomic E-state index is 13.0. The highest BCUT2D eigenvalue weighted by atomic mass is 35.5. The van der Waals surface area contributed by atoms with E-state index in [1.807, 2.05) is 6.92 Å². The number of ketones is 1. The summed E-state index contributed by atoms with van der Waals surface area (Å²) in [5.74, 6) is -0.309. The minimum atomic E-state index is -0.461. The zero-order valence-electron chi connectivity index (χ0n) is 8.72. The van der Waals surface area contributed by atoms with Gasteiger partial charge in [-0.25, -0.2) is 4.39 Å². The van der Waals surface area contributed by atoms with Gasteiger partial charge >= 0.3 is 0 Å². The lowest BCUT2D eigenvalue weighted by atomic mass is 10.1. The standard InChI is InChI=1S/C12H14ClFO/c1-2-3-4-10(15)7-9-5-6-11(13)12(14)8-9/h5-6,8H,2-4,7H2,1H3. The van der Waals surface area contributed by atoms with Crippen LogP contribution in [0.5, 0.6) is 0 Å². The summed E-state index contributed by atoms with van der Waals surface area (Å²) in [6.07, 6.45) is 2.77. The second-order valence-electron chi connectivity index (χ2n) is 3.57. The Bertz CT molecular complexity index is 349. The first-order chi connectivity index (χ1) is 7.13. The van der Waals surface area contributed by atoms with E-state index in [9.17, 15) is 9.18 Å². The molecule has 0 radical (unpaired) electrons. The van der Waals surface area contributed by atoms with E-state index >= 15 is 0 Å². The van der Waals surface area contributed by atoms with Crippen LogP contribution in [0.3, 0.4) is 0 Å². The van der Waals surface area contributed by atoms with Crippen molar-refractivity contribution in [3.63, 3.8) is 0 Å². The van der Waals surface area contributed by atoms with Gasteiger partial charge in [0.05, 0.1) is 5.02 Å². The van der Waals surface area contributed by atoms with E-state index in [0.29, 0.717) is 18.4 Å². The molecule has 0 aliphatic rings. The Hall–Kier alpha value is -0.890. The Morgan fingerprint density at radius 1 is 1.47 bits per heavy atom. The van der Waals surface area contributed by atoms with Crippen LogP contribution < -0.4 is 0 Å². The second kappa shape index (κ2) is 5.86. The van der Waals surface area contributed by atoms with Crippen LogP contribution in [-0.2, 0) is 11.2 Å². The van der Waals surface area contributed by atoms with Crippen molar-refractivity contribution < 1.29 is 9.18 Å². The van der Waals surface area contributed by atoms with Gasteiger partial charge in [-0.1, -0.05) is 31.0 Å².